The molecule has 0 heterocycles. The Bertz CT molecular complexity index is 1230. The average Bonchev–Trinajstić information content (AvgIpc) is 2.89. The van der Waals surface area contributed by atoms with Gasteiger partial charge in [0.2, 0.25) is 0 Å². The van der Waals surface area contributed by atoms with Gasteiger partial charge in [-0.15, -0.1) is 0 Å². The standard InChI is InChI=1S/C17H36/c1-3-5-7-9-11-13-15-17-16-14-12-10-8-6-4-2/h3-17H2,1-2H3/i1D3,2D3,3D2,4D2,5D2,6D2,7D2,8D2,9D2,10D2,11D2,12D2,13D2,14D2,15D2,16D2,17D2. The Morgan fingerprint density at radius 1 is 0.471 bits per heavy atom. The maximum Gasteiger partial charge on any atom is 0.0267 e. The van der Waals surface area contributed by atoms with Crippen LogP contribution in [0.5, 0.6) is 0 Å². The van der Waals surface area contributed by atoms with E-state index in [1.807, 2.05) is 0 Å². The van der Waals surface area contributed by atoms with Gasteiger partial charge in [0, 0.05) is 49.3 Å². The van der Waals surface area contributed by atoms with E-state index in [0.29, 0.717) is 0 Å². The van der Waals surface area contributed by atoms with Gasteiger partial charge in [-0.3, -0.25) is 0 Å². The third kappa shape index (κ3) is 16.0. The van der Waals surface area contributed by atoms with Gasteiger partial charge in [0.05, 0.1) is 0 Å². The summed E-state index contributed by atoms with van der Waals surface area (Å²) in [5.74, 6) is 0. The van der Waals surface area contributed by atoms with Gasteiger partial charge in [-0.1, -0.05) is 109 Å². The molecule has 0 fully saturated rings. The van der Waals surface area contributed by atoms with Crippen LogP contribution in [0.15, 0.2) is 0 Å². The van der Waals surface area contributed by atoms with Gasteiger partial charge in [-0.2, -0.15) is 0 Å². The lowest BCUT2D eigenvalue weighted by atomic mass is 10.0. The van der Waals surface area contributed by atoms with Crippen LogP contribution in [0, 0.1) is 0 Å². The van der Waals surface area contributed by atoms with Crippen LogP contribution < -0.4 is 0 Å². The molecule has 0 aromatic rings. The third-order valence-corrected chi connectivity index (χ3v) is 0.875. The Labute approximate surface area is 161 Å². The van der Waals surface area contributed by atoms with Gasteiger partial charge < -0.3 is 0 Å². The second kappa shape index (κ2) is 16.0. The summed E-state index contributed by atoms with van der Waals surface area (Å²) >= 11 is 0. The maximum absolute atomic E-state index is 8.19. The van der Waals surface area contributed by atoms with Crippen molar-refractivity contribution in [1.29, 1.82) is 0 Å². The fraction of sp³-hybridized carbons (Fsp3) is 1.00. The molecular formula is C17H36. The Morgan fingerprint density at radius 2 is 0.706 bits per heavy atom. The molecule has 0 rings (SSSR count). The van der Waals surface area contributed by atoms with E-state index in [1.54, 1.807) is 0 Å². The highest BCUT2D eigenvalue weighted by molar-refractivity contribution is 4.48. The monoisotopic (exact) mass is 277 g/mol. The molecule has 0 aliphatic carbocycles. The lowest BCUT2D eigenvalue weighted by Crippen LogP contribution is -1.82. The lowest BCUT2D eigenvalue weighted by molar-refractivity contribution is 0.534. The third-order valence-electron chi connectivity index (χ3n) is 0.875. The Kier molecular flexibility index (Phi) is 1.51. The summed E-state index contributed by atoms with van der Waals surface area (Å²) in [4.78, 5) is 0. The molecule has 0 unspecified atom stereocenters. The summed E-state index contributed by atoms with van der Waals surface area (Å²) < 4.78 is 284. The number of hydrogen-bond acceptors (Lipinski definition) is 0. The molecule has 0 atom stereocenters. The smallest absolute Gasteiger partial charge is 0.0267 e. The van der Waals surface area contributed by atoms with Crippen LogP contribution >= 0.6 is 0 Å². The van der Waals surface area contributed by atoms with E-state index in [1.165, 1.54) is 0 Å². The fourth-order valence-electron chi connectivity index (χ4n) is 0.406. The SMILES string of the molecule is [2H]C([2H])([2H])C([2H])([2H])C([2H])([2H])C([2H])([2H])C([2H])([2H])C([2H])([2H])C([2H])([2H])C([2H])([2H])C([2H])([2H])C([2H])([2H])C([2H])([2H])C([2H])([2H])C([2H])([2H])C([2H])([2H])C([2H])([2H])C([2H])([2H])C([2H])([2H])[2H]. The van der Waals surface area contributed by atoms with Crippen molar-refractivity contribution in [3.63, 3.8) is 0 Å². The molecule has 0 aromatic heterocycles. The van der Waals surface area contributed by atoms with Crippen LogP contribution in [0.4, 0.5) is 0 Å². The van der Waals surface area contributed by atoms with Crippen LogP contribution in [0.25, 0.3) is 0 Å². The molecule has 0 nitrogen and oxygen atoms in total. The quantitative estimate of drug-likeness (QED) is 0.324. The van der Waals surface area contributed by atoms with Crippen molar-refractivity contribution in [3.05, 3.63) is 0 Å². The molecule has 0 aliphatic heterocycles. The molecule has 0 N–H and O–H groups in total. The molecule has 17 heavy (non-hydrogen) atoms. The van der Waals surface area contributed by atoms with Gasteiger partial charge >= 0.3 is 0 Å². The van der Waals surface area contributed by atoms with Crippen LogP contribution in [-0.4, -0.2) is 0 Å². The van der Waals surface area contributed by atoms with Crippen molar-refractivity contribution in [3.8, 4) is 0 Å². The maximum atomic E-state index is 8.19. The van der Waals surface area contributed by atoms with Crippen molar-refractivity contribution in [1.82, 2.24) is 0 Å². The van der Waals surface area contributed by atoms with Crippen molar-refractivity contribution >= 4 is 0 Å². The summed E-state index contributed by atoms with van der Waals surface area (Å²) in [7, 11) is 0. The zero-order chi connectivity index (χ0) is 44.5. The van der Waals surface area contributed by atoms with E-state index >= 15 is 0 Å². The normalized spacial score (nSPS) is 56.5. The van der Waals surface area contributed by atoms with Gasteiger partial charge in [-0.25, -0.2) is 0 Å². The molecule has 0 aliphatic rings. The molecule has 0 amide bonds. The molecule has 104 valence electrons. The predicted octanol–water partition coefficient (Wildman–Crippen LogP) is 6.88. The molecule has 0 saturated heterocycles. The van der Waals surface area contributed by atoms with Gasteiger partial charge in [0.15, 0.2) is 0 Å². The van der Waals surface area contributed by atoms with Crippen LogP contribution in [-0.2, 0) is 0 Å². The molecule has 0 saturated carbocycles. The Hall–Kier alpha value is 0. The van der Waals surface area contributed by atoms with E-state index in [-0.39, 0.29) is 0 Å². The number of rotatable bonds is 14. The van der Waals surface area contributed by atoms with Crippen molar-refractivity contribution in [2.24, 2.45) is 0 Å². The first kappa shape index (κ1) is 1.61. The minimum absolute atomic E-state index is 4.13. The topological polar surface area (TPSA) is 0 Å². The van der Waals surface area contributed by atoms with E-state index in [2.05, 4.69) is 0 Å². The van der Waals surface area contributed by atoms with Gasteiger partial charge in [0.1, 0.15) is 0 Å². The first-order valence-corrected chi connectivity index (χ1v) is 4.00. The zero-order valence-corrected chi connectivity index (χ0v) is 8.50. The second-order valence-corrected chi connectivity index (χ2v) is 1.88. The van der Waals surface area contributed by atoms with E-state index in [4.69, 9.17) is 49.3 Å². The summed E-state index contributed by atoms with van der Waals surface area (Å²) in [6.45, 7) is -8.26. The van der Waals surface area contributed by atoms with E-state index in [9.17, 15) is 0 Å². The summed E-state index contributed by atoms with van der Waals surface area (Å²) in [6.07, 6.45) is -74.0. The highest BCUT2D eigenvalue weighted by Gasteiger charge is 1.93. The van der Waals surface area contributed by atoms with Crippen molar-refractivity contribution < 1.29 is 49.3 Å². The highest BCUT2D eigenvalue weighted by Crippen LogP contribution is 2.13. The summed E-state index contributed by atoms with van der Waals surface area (Å²) in [5, 5.41) is 0. The van der Waals surface area contributed by atoms with Crippen LogP contribution in [0.1, 0.15) is 159 Å². The minimum atomic E-state index is -5.20. The van der Waals surface area contributed by atoms with Crippen molar-refractivity contribution in [2.75, 3.05) is 0 Å². The van der Waals surface area contributed by atoms with Crippen LogP contribution in [0.2, 0.25) is 0 Å². The molecule has 0 bridgehead atoms. The van der Waals surface area contributed by atoms with Gasteiger partial charge in [-0.05, 0) is 0 Å². The Morgan fingerprint density at radius 3 is 0.941 bits per heavy atom. The second-order valence-electron chi connectivity index (χ2n) is 1.88. The zero-order valence-electron chi connectivity index (χ0n) is 44.5. The largest absolute Gasteiger partial charge is 0.0654 e. The molecule has 0 spiro atoms. The van der Waals surface area contributed by atoms with E-state index in [0.717, 1.165) is 0 Å². The molecule has 0 heteroatoms. The molecular weight excluding hydrogens is 204 g/mol. The predicted molar refractivity (Wildman–Crippen MR) is 80.6 cm³/mol. The summed E-state index contributed by atoms with van der Waals surface area (Å²) in [6, 6.07) is 0. The van der Waals surface area contributed by atoms with E-state index < -0.39 is 109 Å². The lowest BCUT2D eigenvalue weighted by Gasteiger charge is -2.02. The summed E-state index contributed by atoms with van der Waals surface area (Å²) in [5.41, 5.74) is 0. The highest BCUT2D eigenvalue weighted by atomic mass is 14.0. The first-order chi connectivity index (χ1) is 22.0. The fourth-order valence-corrected chi connectivity index (χ4v) is 0.406. The van der Waals surface area contributed by atoms with Crippen molar-refractivity contribution in [2.45, 2.75) is 109 Å². The minimum Gasteiger partial charge on any atom is -0.0654 e. The Balaban J connectivity index is 7.78. The number of hydrogen-bond donors (Lipinski definition) is 0. The van der Waals surface area contributed by atoms with Crippen LogP contribution in [0.3, 0.4) is 0 Å². The van der Waals surface area contributed by atoms with Gasteiger partial charge in [0.25, 0.3) is 0 Å². The first-order valence-electron chi connectivity index (χ1n) is 22.0. The molecule has 0 radical (unpaired) electrons. The average molecular weight is 277 g/mol. The molecule has 0 aromatic carbocycles.